The smallest absolute Gasteiger partial charge is 0.171 e. The van der Waals surface area contributed by atoms with Gasteiger partial charge in [0.1, 0.15) is 0 Å². The zero-order valence-electron chi connectivity index (χ0n) is 9.03. The number of nitrogens with one attached hydrogen (secondary N) is 1. The molecule has 0 atom stereocenters. The molecule has 0 fully saturated rings. The summed E-state index contributed by atoms with van der Waals surface area (Å²) in [6.07, 6.45) is 2.23. The molecule has 0 aliphatic heterocycles. The van der Waals surface area contributed by atoms with Crippen LogP contribution in [-0.4, -0.2) is 31.5 Å². The highest BCUT2D eigenvalue weighted by Gasteiger charge is 2.08. The van der Waals surface area contributed by atoms with Gasteiger partial charge in [0.2, 0.25) is 0 Å². The van der Waals surface area contributed by atoms with Gasteiger partial charge in [-0.2, -0.15) is 0 Å². The lowest BCUT2D eigenvalue weighted by molar-refractivity contribution is 0.413. The van der Waals surface area contributed by atoms with Crippen LogP contribution < -0.4 is 15.4 Å². The molecular weight excluding hydrogens is 192 g/mol. The Morgan fingerprint density at radius 3 is 3.00 bits per heavy atom. The number of hydrogen-bond acceptors (Lipinski definition) is 4. The molecule has 5 heteroatoms. The molecule has 1 heterocycles. The van der Waals surface area contributed by atoms with Gasteiger partial charge in [0.05, 0.1) is 12.9 Å². The fourth-order valence-corrected chi connectivity index (χ4v) is 1.22. The van der Waals surface area contributed by atoms with Crippen molar-refractivity contribution in [2.45, 2.75) is 6.42 Å². The monoisotopic (exact) mass is 208 g/mol. The summed E-state index contributed by atoms with van der Waals surface area (Å²) in [6.45, 7) is 0.655. The number of nitrogens with two attached hydrogens (primary N) is 1. The SMILES string of the molecule is COc1cccnc1N(C)CCC(=N)N. The van der Waals surface area contributed by atoms with E-state index >= 15 is 0 Å². The first-order valence-corrected chi connectivity index (χ1v) is 4.68. The number of pyridine rings is 1. The summed E-state index contributed by atoms with van der Waals surface area (Å²) >= 11 is 0. The van der Waals surface area contributed by atoms with Gasteiger partial charge in [0, 0.05) is 26.2 Å². The Bertz CT molecular complexity index is 340. The van der Waals surface area contributed by atoms with E-state index in [0.29, 0.717) is 13.0 Å². The first-order valence-electron chi connectivity index (χ1n) is 4.68. The van der Waals surface area contributed by atoms with E-state index in [4.69, 9.17) is 15.9 Å². The third-order valence-electron chi connectivity index (χ3n) is 2.05. The highest BCUT2D eigenvalue weighted by atomic mass is 16.5. The van der Waals surface area contributed by atoms with Gasteiger partial charge in [-0.15, -0.1) is 0 Å². The highest BCUT2D eigenvalue weighted by molar-refractivity contribution is 5.77. The van der Waals surface area contributed by atoms with E-state index in [1.54, 1.807) is 13.3 Å². The van der Waals surface area contributed by atoms with Crippen molar-refractivity contribution in [1.82, 2.24) is 4.98 Å². The molecule has 0 bridgehead atoms. The molecule has 0 aromatic carbocycles. The van der Waals surface area contributed by atoms with Gasteiger partial charge in [-0.05, 0) is 12.1 Å². The van der Waals surface area contributed by atoms with Gasteiger partial charge in [-0.1, -0.05) is 0 Å². The van der Waals surface area contributed by atoms with Gasteiger partial charge in [-0.3, -0.25) is 5.41 Å². The van der Waals surface area contributed by atoms with Gasteiger partial charge in [0.25, 0.3) is 0 Å². The maximum atomic E-state index is 7.15. The normalized spacial score (nSPS) is 9.73. The predicted molar refractivity (Wildman–Crippen MR) is 60.6 cm³/mol. The number of rotatable bonds is 5. The van der Waals surface area contributed by atoms with E-state index in [1.165, 1.54) is 0 Å². The number of anilines is 1. The largest absolute Gasteiger partial charge is 0.493 e. The number of amidine groups is 1. The molecule has 1 aromatic rings. The van der Waals surface area contributed by atoms with Crippen molar-refractivity contribution in [1.29, 1.82) is 5.41 Å². The van der Waals surface area contributed by atoms with Crippen molar-refractivity contribution in [3.63, 3.8) is 0 Å². The molecule has 0 amide bonds. The van der Waals surface area contributed by atoms with Crippen molar-refractivity contribution < 1.29 is 4.74 Å². The third kappa shape index (κ3) is 3.12. The van der Waals surface area contributed by atoms with Crippen LogP contribution in [-0.2, 0) is 0 Å². The maximum absolute atomic E-state index is 7.15. The second-order valence-corrected chi connectivity index (χ2v) is 3.23. The molecule has 0 saturated heterocycles. The van der Waals surface area contributed by atoms with Crippen LogP contribution in [0.5, 0.6) is 5.75 Å². The summed E-state index contributed by atoms with van der Waals surface area (Å²) in [7, 11) is 3.51. The van der Waals surface area contributed by atoms with E-state index in [9.17, 15) is 0 Å². The highest BCUT2D eigenvalue weighted by Crippen LogP contribution is 2.23. The van der Waals surface area contributed by atoms with Gasteiger partial charge in [-0.25, -0.2) is 4.98 Å². The Balaban J connectivity index is 2.72. The number of hydrogen-bond donors (Lipinski definition) is 2. The second-order valence-electron chi connectivity index (χ2n) is 3.23. The van der Waals surface area contributed by atoms with Crippen molar-refractivity contribution in [3.05, 3.63) is 18.3 Å². The Morgan fingerprint density at radius 2 is 2.40 bits per heavy atom. The van der Waals surface area contributed by atoms with E-state index in [-0.39, 0.29) is 5.84 Å². The molecule has 0 radical (unpaired) electrons. The van der Waals surface area contributed by atoms with E-state index in [0.717, 1.165) is 11.6 Å². The average molecular weight is 208 g/mol. The minimum atomic E-state index is 0.178. The van der Waals surface area contributed by atoms with Crippen molar-refractivity contribution in [2.24, 2.45) is 5.73 Å². The first-order chi connectivity index (χ1) is 7.15. The molecule has 82 valence electrons. The molecule has 1 rings (SSSR count). The van der Waals surface area contributed by atoms with Gasteiger partial charge < -0.3 is 15.4 Å². The maximum Gasteiger partial charge on any atom is 0.171 e. The molecule has 5 nitrogen and oxygen atoms in total. The molecule has 0 spiro atoms. The van der Waals surface area contributed by atoms with E-state index < -0.39 is 0 Å². The third-order valence-corrected chi connectivity index (χ3v) is 2.05. The molecule has 1 aromatic heterocycles. The van der Waals surface area contributed by atoms with Crippen LogP contribution in [0.2, 0.25) is 0 Å². The lowest BCUT2D eigenvalue weighted by Gasteiger charge is -2.19. The summed E-state index contributed by atoms with van der Waals surface area (Å²) in [6, 6.07) is 3.67. The standard InChI is InChI=1S/C10H16N4O/c1-14(7-5-9(11)12)10-8(15-2)4-3-6-13-10/h3-4,6H,5,7H2,1-2H3,(H3,11,12). The van der Waals surface area contributed by atoms with Crippen molar-refractivity contribution >= 4 is 11.7 Å². The molecule has 0 aliphatic carbocycles. The Labute approximate surface area is 89.4 Å². The lowest BCUT2D eigenvalue weighted by atomic mass is 10.3. The van der Waals surface area contributed by atoms with Crippen molar-refractivity contribution in [2.75, 3.05) is 25.6 Å². The fraction of sp³-hybridized carbons (Fsp3) is 0.400. The molecule has 0 unspecified atom stereocenters. The van der Waals surface area contributed by atoms with Crippen LogP contribution in [0.4, 0.5) is 5.82 Å². The Kier molecular flexibility index (Phi) is 3.91. The number of aromatic nitrogens is 1. The van der Waals surface area contributed by atoms with Crippen LogP contribution in [0.3, 0.4) is 0 Å². The van der Waals surface area contributed by atoms with Crippen LogP contribution in [0.1, 0.15) is 6.42 Å². The van der Waals surface area contributed by atoms with Crippen LogP contribution in [0, 0.1) is 5.41 Å². The molecule has 0 saturated carbocycles. The minimum absolute atomic E-state index is 0.178. The second kappa shape index (κ2) is 5.19. The first kappa shape index (κ1) is 11.3. The zero-order valence-corrected chi connectivity index (χ0v) is 9.03. The summed E-state index contributed by atoms with van der Waals surface area (Å²) in [5.41, 5.74) is 5.29. The Hall–Kier alpha value is -1.78. The average Bonchev–Trinajstić information content (AvgIpc) is 2.25. The van der Waals surface area contributed by atoms with Gasteiger partial charge >= 0.3 is 0 Å². The lowest BCUT2D eigenvalue weighted by Crippen LogP contribution is -2.24. The van der Waals surface area contributed by atoms with Gasteiger partial charge in [0.15, 0.2) is 11.6 Å². The minimum Gasteiger partial charge on any atom is -0.493 e. The van der Waals surface area contributed by atoms with Crippen LogP contribution >= 0.6 is 0 Å². The van der Waals surface area contributed by atoms with Crippen molar-refractivity contribution in [3.8, 4) is 5.75 Å². The number of ether oxygens (including phenoxy) is 1. The topological polar surface area (TPSA) is 75.2 Å². The summed E-state index contributed by atoms with van der Waals surface area (Å²) in [5.74, 6) is 1.67. The van der Waals surface area contributed by atoms with Crippen LogP contribution in [0.25, 0.3) is 0 Å². The number of methoxy groups -OCH3 is 1. The summed E-state index contributed by atoms with van der Waals surface area (Å²) in [4.78, 5) is 6.13. The molecular formula is C10H16N4O. The summed E-state index contributed by atoms with van der Waals surface area (Å²) in [5, 5.41) is 7.15. The van der Waals surface area contributed by atoms with Crippen LogP contribution in [0.15, 0.2) is 18.3 Å². The number of nitrogens with zero attached hydrogens (tertiary/aromatic N) is 2. The fourth-order valence-electron chi connectivity index (χ4n) is 1.22. The van der Waals surface area contributed by atoms with E-state index in [1.807, 2.05) is 24.1 Å². The molecule has 0 aliphatic rings. The predicted octanol–water partition coefficient (Wildman–Crippen LogP) is 0.852. The van der Waals surface area contributed by atoms with E-state index in [2.05, 4.69) is 4.98 Å². The zero-order chi connectivity index (χ0) is 11.3. The summed E-state index contributed by atoms with van der Waals surface area (Å²) < 4.78 is 5.18. The Morgan fingerprint density at radius 1 is 1.67 bits per heavy atom. The molecule has 15 heavy (non-hydrogen) atoms. The molecule has 3 N–H and O–H groups in total. The quantitative estimate of drug-likeness (QED) is 0.555.